The van der Waals surface area contributed by atoms with Crippen LogP contribution < -0.4 is 9.47 Å². The summed E-state index contributed by atoms with van der Waals surface area (Å²) >= 11 is 4.94. The molecule has 0 atom stereocenters. The van der Waals surface area contributed by atoms with Gasteiger partial charge in [-0.15, -0.1) is 0 Å². The molecule has 0 spiro atoms. The summed E-state index contributed by atoms with van der Waals surface area (Å²) in [6, 6.07) is 3.98. The number of ether oxygens (including phenoxy) is 2. The fourth-order valence-electron chi connectivity index (χ4n) is 2.51. The first-order valence-electron chi connectivity index (χ1n) is 8.59. The molecule has 1 aromatic carbocycles. The van der Waals surface area contributed by atoms with Gasteiger partial charge in [-0.2, -0.15) is 0 Å². The van der Waals surface area contributed by atoms with Gasteiger partial charge in [0.2, 0.25) is 0 Å². The van der Waals surface area contributed by atoms with Gasteiger partial charge >= 0.3 is 0 Å². The van der Waals surface area contributed by atoms with Crippen molar-refractivity contribution in [3.05, 3.63) is 27.1 Å². The molecule has 0 aliphatic carbocycles. The Kier molecular flexibility index (Phi) is 7.17. The Morgan fingerprint density at radius 1 is 1.31 bits per heavy atom. The number of halogens is 1. The van der Waals surface area contributed by atoms with E-state index in [2.05, 4.69) is 20.9 Å². The maximum absolute atomic E-state index is 12.8. The SMILES string of the molecule is CCOc1c(Br)cc(/C=C2/SC(=NC(C)C)N(C(C)C)C2=O)cc1OC. The number of carbonyl (C=O) groups excluding carboxylic acids is 1. The average Bonchev–Trinajstić information content (AvgIpc) is 2.84. The lowest BCUT2D eigenvalue weighted by Crippen LogP contribution is -2.35. The van der Waals surface area contributed by atoms with Gasteiger partial charge in [0.05, 0.1) is 23.1 Å². The molecule has 1 fully saturated rings. The third kappa shape index (κ3) is 4.62. The molecule has 0 aromatic heterocycles. The lowest BCUT2D eigenvalue weighted by Gasteiger charge is -2.20. The van der Waals surface area contributed by atoms with E-state index in [-0.39, 0.29) is 18.0 Å². The van der Waals surface area contributed by atoms with Gasteiger partial charge in [0.15, 0.2) is 16.7 Å². The molecule has 1 aliphatic rings. The molecule has 0 unspecified atom stereocenters. The summed E-state index contributed by atoms with van der Waals surface area (Å²) in [4.78, 5) is 19.8. The van der Waals surface area contributed by atoms with E-state index in [1.54, 1.807) is 12.0 Å². The Balaban J connectivity index is 2.43. The van der Waals surface area contributed by atoms with Gasteiger partial charge in [0, 0.05) is 12.1 Å². The molecule has 1 aromatic rings. The molecule has 1 heterocycles. The summed E-state index contributed by atoms with van der Waals surface area (Å²) in [7, 11) is 1.60. The lowest BCUT2D eigenvalue weighted by molar-refractivity contribution is -0.123. The van der Waals surface area contributed by atoms with Crippen molar-refractivity contribution in [1.29, 1.82) is 0 Å². The van der Waals surface area contributed by atoms with Gasteiger partial charge in [-0.3, -0.25) is 14.7 Å². The van der Waals surface area contributed by atoms with Crippen LogP contribution in [0.4, 0.5) is 0 Å². The molecule has 0 radical (unpaired) electrons. The van der Waals surface area contributed by atoms with Gasteiger partial charge in [0.1, 0.15) is 0 Å². The summed E-state index contributed by atoms with van der Waals surface area (Å²) in [5.41, 5.74) is 0.863. The van der Waals surface area contributed by atoms with Crippen LogP contribution in [0.3, 0.4) is 0 Å². The largest absolute Gasteiger partial charge is 0.493 e. The first-order chi connectivity index (χ1) is 12.3. The van der Waals surface area contributed by atoms with E-state index < -0.39 is 0 Å². The molecular formula is C19H25BrN2O3S. The Morgan fingerprint density at radius 3 is 2.54 bits per heavy atom. The van der Waals surface area contributed by atoms with Gasteiger partial charge in [-0.1, -0.05) is 0 Å². The molecule has 1 saturated heterocycles. The maximum Gasteiger partial charge on any atom is 0.266 e. The van der Waals surface area contributed by atoms with Crippen LogP contribution in [0.25, 0.3) is 6.08 Å². The number of carbonyl (C=O) groups is 1. The maximum atomic E-state index is 12.8. The molecule has 1 amide bonds. The van der Waals surface area contributed by atoms with Gasteiger partial charge in [0.25, 0.3) is 5.91 Å². The summed E-state index contributed by atoms with van der Waals surface area (Å²) in [6.45, 7) is 10.5. The zero-order chi connectivity index (χ0) is 19.4. The van der Waals surface area contributed by atoms with Crippen LogP contribution in [0.15, 0.2) is 26.5 Å². The Hall–Kier alpha value is -1.47. The number of hydrogen-bond acceptors (Lipinski definition) is 5. The lowest BCUT2D eigenvalue weighted by atomic mass is 10.1. The fraction of sp³-hybridized carbons (Fsp3) is 0.474. The van der Waals surface area contributed by atoms with Crippen molar-refractivity contribution >= 4 is 44.8 Å². The van der Waals surface area contributed by atoms with Crippen LogP contribution in [-0.2, 0) is 4.79 Å². The van der Waals surface area contributed by atoms with Gasteiger partial charge < -0.3 is 9.47 Å². The van der Waals surface area contributed by atoms with E-state index in [9.17, 15) is 4.79 Å². The van der Waals surface area contributed by atoms with Crippen molar-refractivity contribution in [3.8, 4) is 11.5 Å². The van der Waals surface area contributed by atoms with Crippen molar-refractivity contribution in [3.63, 3.8) is 0 Å². The van der Waals surface area contributed by atoms with E-state index in [1.807, 2.05) is 52.8 Å². The number of hydrogen-bond donors (Lipinski definition) is 0. The minimum Gasteiger partial charge on any atom is -0.493 e. The fourth-order valence-corrected chi connectivity index (χ4v) is 4.32. The highest BCUT2D eigenvalue weighted by atomic mass is 79.9. The predicted octanol–water partition coefficient (Wildman–Crippen LogP) is 4.95. The second-order valence-electron chi connectivity index (χ2n) is 6.35. The molecule has 1 aliphatic heterocycles. The number of rotatable bonds is 6. The third-order valence-corrected chi connectivity index (χ3v) is 5.15. The van der Waals surface area contributed by atoms with Crippen molar-refractivity contribution in [2.24, 2.45) is 4.99 Å². The number of nitrogens with zero attached hydrogens (tertiary/aromatic N) is 2. The van der Waals surface area contributed by atoms with Crippen LogP contribution in [0.2, 0.25) is 0 Å². The number of aliphatic imine (C=N–C) groups is 1. The van der Waals surface area contributed by atoms with Crippen molar-refractivity contribution in [1.82, 2.24) is 4.90 Å². The second kappa shape index (κ2) is 8.95. The van der Waals surface area contributed by atoms with Crippen LogP contribution in [-0.4, -0.2) is 41.8 Å². The standard InChI is InChI=1S/C19H25BrN2O3S/c1-7-25-17-14(20)8-13(9-15(17)24-6)10-16-18(23)22(12(4)5)19(26-16)21-11(2)3/h8-12H,7H2,1-6H3/b16-10+,21-19?. The second-order valence-corrected chi connectivity index (χ2v) is 8.22. The topological polar surface area (TPSA) is 51.1 Å². The molecule has 0 bridgehead atoms. The van der Waals surface area contributed by atoms with Crippen LogP contribution in [0.5, 0.6) is 11.5 Å². The summed E-state index contributed by atoms with van der Waals surface area (Å²) < 4.78 is 11.8. The van der Waals surface area contributed by atoms with Crippen molar-refractivity contribution in [2.45, 2.75) is 46.7 Å². The first-order valence-corrected chi connectivity index (χ1v) is 10.2. The smallest absolute Gasteiger partial charge is 0.266 e. The number of methoxy groups -OCH3 is 1. The van der Waals surface area contributed by atoms with Crippen molar-refractivity contribution < 1.29 is 14.3 Å². The van der Waals surface area contributed by atoms with E-state index in [0.717, 1.165) is 15.2 Å². The predicted molar refractivity (Wildman–Crippen MR) is 112 cm³/mol. The van der Waals surface area contributed by atoms with E-state index in [1.165, 1.54) is 11.8 Å². The Labute approximate surface area is 168 Å². The minimum absolute atomic E-state index is 0.0200. The minimum atomic E-state index is -0.0200. The van der Waals surface area contributed by atoms with Crippen LogP contribution in [0, 0.1) is 0 Å². The van der Waals surface area contributed by atoms with Gasteiger partial charge in [-0.05, 0) is 86.1 Å². The zero-order valence-electron chi connectivity index (χ0n) is 16.0. The molecule has 142 valence electrons. The Morgan fingerprint density at radius 2 is 2.00 bits per heavy atom. The number of amides is 1. The molecule has 0 N–H and O–H groups in total. The van der Waals surface area contributed by atoms with E-state index in [0.29, 0.717) is 23.0 Å². The van der Waals surface area contributed by atoms with Crippen LogP contribution in [0.1, 0.15) is 40.2 Å². The molecule has 7 heteroatoms. The number of benzene rings is 1. The van der Waals surface area contributed by atoms with Crippen molar-refractivity contribution in [2.75, 3.05) is 13.7 Å². The normalized spacial score (nSPS) is 17.9. The molecule has 5 nitrogen and oxygen atoms in total. The van der Waals surface area contributed by atoms with E-state index >= 15 is 0 Å². The van der Waals surface area contributed by atoms with E-state index in [4.69, 9.17) is 9.47 Å². The third-order valence-electron chi connectivity index (χ3n) is 3.56. The molecule has 26 heavy (non-hydrogen) atoms. The Bertz CT molecular complexity index is 745. The highest BCUT2D eigenvalue weighted by Gasteiger charge is 2.35. The monoisotopic (exact) mass is 440 g/mol. The first kappa shape index (κ1) is 20.8. The summed E-state index contributed by atoms with van der Waals surface area (Å²) in [5, 5.41) is 0.753. The highest BCUT2D eigenvalue weighted by Crippen LogP contribution is 2.39. The number of thioether (sulfide) groups is 1. The molecular weight excluding hydrogens is 416 g/mol. The average molecular weight is 441 g/mol. The number of amidine groups is 1. The van der Waals surface area contributed by atoms with Gasteiger partial charge in [-0.25, -0.2) is 0 Å². The molecule has 0 saturated carbocycles. The summed E-state index contributed by atoms with van der Waals surface area (Å²) in [5.74, 6) is 1.27. The quantitative estimate of drug-likeness (QED) is 0.587. The highest BCUT2D eigenvalue weighted by molar-refractivity contribution is 9.10. The molecule has 2 rings (SSSR count). The van der Waals surface area contributed by atoms with Crippen LogP contribution >= 0.6 is 27.7 Å². The summed E-state index contributed by atoms with van der Waals surface area (Å²) in [6.07, 6.45) is 1.87. The zero-order valence-corrected chi connectivity index (χ0v) is 18.4.